The zero-order chi connectivity index (χ0) is 17.9. The van der Waals surface area contributed by atoms with E-state index in [0.717, 1.165) is 5.56 Å². The van der Waals surface area contributed by atoms with Gasteiger partial charge in [-0.2, -0.15) is 0 Å². The summed E-state index contributed by atoms with van der Waals surface area (Å²) in [6, 6.07) is 11.1. The van der Waals surface area contributed by atoms with Crippen LogP contribution in [0.1, 0.15) is 43.6 Å². The quantitative estimate of drug-likeness (QED) is 0.881. The summed E-state index contributed by atoms with van der Waals surface area (Å²) in [5, 5.41) is 5.20. The Kier molecular flexibility index (Phi) is 5.02. The van der Waals surface area contributed by atoms with E-state index in [1.807, 2.05) is 12.1 Å². The van der Waals surface area contributed by atoms with Gasteiger partial charge in [0.15, 0.2) is 0 Å². The Labute approximate surface area is 141 Å². The minimum Gasteiger partial charge on any atom is -0.325 e. The van der Waals surface area contributed by atoms with Crippen molar-refractivity contribution in [2.45, 2.75) is 33.1 Å². The number of carbonyl (C=O) groups is 2. The summed E-state index contributed by atoms with van der Waals surface area (Å²) in [7, 11) is 0. The molecule has 0 aromatic heterocycles. The molecule has 2 aromatic rings. The molecule has 0 fully saturated rings. The van der Waals surface area contributed by atoms with Crippen LogP contribution < -0.4 is 10.6 Å². The van der Waals surface area contributed by atoms with E-state index < -0.39 is 5.82 Å². The zero-order valence-corrected chi connectivity index (χ0v) is 14.2. The lowest BCUT2D eigenvalue weighted by Gasteiger charge is -2.19. The molecule has 0 saturated heterocycles. The summed E-state index contributed by atoms with van der Waals surface area (Å²) >= 11 is 0. The van der Waals surface area contributed by atoms with Crippen molar-refractivity contribution < 1.29 is 14.0 Å². The molecule has 2 N–H and O–H groups in total. The molecule has 24 heavy (non-hydrogen) atoms. The van der Waals surface area contributed by atoms with E-state index in [1.54, 1.807) is 12.1 Å². The second-order valence-electron chi connectivity index (χ2n) is 6.65. The average Bonchev–Trinajstić information content (AvgIpc) is 2.49. The van der Waals surface area contributed by atoms with Crippen molar-refractivity contribution >= 4 is 23.2 Å². The number of benzene rings is 2. The first kappa shape index (κ1) is 17.7. The number of anilines is 2. The molecule has 0 aliphatic rings. The predicted molar refractivity (Wildman–Crippen MR) is 93.8 cm³/mol. The van der Waals surface area contributed by atoms with E-state index in [1.165, 1.54) is 25.1 Å². The molecular formula is C19H21FN2O2. The van der Waals surface area contributed by atoms with Crippen molar-refractivity contribution in [2.24, 2.45) is 0 Å². The third-order valence-electron chi connectivity index (χ3n) is 3.55. The Morgan fingerprint density at radius 2 is 1.54 bits per heavy atom. The van der Waals surface area contributed by atoms with Crippen molar-refractivity contribution in [3.63, 3.8) is 0 Å². The maximum Gasteiger partial charge on any atom is 0.255 e. The Bertz CT molecular complexity index is 762. The minimum atomic E-state index is -0.498. The molecule has 4 nitrogen and oxygen atoms in total. The van der Waals surface area contributed by atoms with Crippen LogP contribution in [-0.4, -0.2) is 11.8 Å². The summed E-state index contributed by atoms with van der Waals surface area (Å²) in [5.41, 5.74) is 2.14. The molecule has 2 aromatic carbocycles. The molecule has 2 rings (SSSR count). The van der Waals surface area contributed by atoms with Gasteiger partial charge in [-0.1, -0.05) is 32.9 Å². The number of rotatable bonds is 3. The molecule has 0 heterocycles. The molecule has 126 valence electrons. The molecule has 0 atom stereocenters. The summed E-state index contributed by atoms with van der Waals surface area (Å²) in [6.07, 6.45) is 0. The summed E-state index contributed by atoms with van der Waals surface area (Å²) in [4.78, 5) is 23.6. The van der Waals surface area contributed by atoms with E-state index in [9.17, 15) is 14.0 Å². The molecule has 2 amide bonds. The minimum absolute atomic E-state index is 0.00383. The molecule has 0 aliphatic carbocycles. The lowest BCUT2D eigenvalue weighted by Crippen LogP contribution is -2.16. The topological polar surface area (TPSA) is 58.2 Å². The third kappa shape index (κ3) is 4.41. The number of carbonyl (C=O) groups excluding carboxylic acids is 2. The van der Waals surface area contributed by atoms with Crippen LogP contribution in [0, 0.1) is 5.82 Å². The Morgan fingerprint density at radius 3 is 2.08 bits per heavy atom. The molecular weight excluding hydrogens is 307 g/mol. The largest absolute Gasteiger partial charge is 0.325 e. The normalized spacial score (nSPS) is 11.0. The Hall–Kier alpha value is -2.69. The van der Waals surface area contributed by atoms with Crippen molar-refractivity contribution in [1.29, 1.82) is 0 Å². The van der Waals surface area contributed by atoms with Gasteiger partial charge in [-0.25, -0.2) is 4.39 Å². The Balaban J connectivity index is 2.23. The lowest BCUT2D eigenvalue weighted by atomic mass is 9.87. The molecule has 0 radical (unpaired) electrons. The number of hydrogen-bond donors (Lipinski definition) is 2. The highest BCUT2D eigenvalue weighted by atomic mass is 19.1. The number of amides is 2. The molecule has 0 bridgehead atoms. The lowest BCUT2D eigenvalue weighted by molar-refractivity contribution is -0.114. The first-order chi connectivity index (χ1) is 11.2. The van der Waals surface area contributed by atoms with Gasteiger partial charge >= 0.3 is 0 Å². The molecule has 0 aliphatic heterocycles. The van der Waals surface area contributed by atoms with Crippen molar-refractivity contribution in [3.8, 4) is 0 Å². The summed E-state index contributed by atoms with van der Waals surface area (Å²) in [5.74, 6) is -1.17. The van der Waals surface area contributed by atoms with Gasteiger partial charge in [0.05, 0.1) is 11.4 Å². The summed E-state index contributed by atoms with van der Waals surface area (Å²) < 4.78 is 13.5. The Morgan fingerprint density at radius 1 is 0.917 bits per heavy atom. The van der Waals surface area contributed by atoms with Crippen LogP contribution in [0.25, 0.3) is 0 Å². The number of nitrogens with one attached hydrogen (secondary N) is 2. The smallest absolute Gasteiger partial charge is 0.255 e. The van der Waals surface area contributed by atoms with Crippen LogP contribution in [-0.2, 0) is 10.2 Å². The van der Waals surface area contributed by atoms with E-state index in [0.29, 0.717) is 11.3 Å². The van der Waals surface area contributed by atoms with Gasteiger partial charge in [0.1, 0.15) is 5.82 Å². The van der Waals surface area contributed by atoms with Crippen LogP contribution in [0.2, 0.25) is 0 Å². The fourth-order valence-electron chi connectivity index (χ4n) is 2.23. The highest BCUT2D eigenvalue weighted by Crippen LogP contribution is 2.25. The van der Waals surface area contributed by atoms with E-state index in [-0.39, 0.29) is 22.9 Å². The van der Waals surface area contributed by atoms with Crippen molar-refractivity contribution in [1.82, 2.24) is 0 Å². The van der Waals surface area contributed by atoms with Gasteiger partial charge in [-0.05, 0) is 41.3 Å². The fourth-order valence-corrected chi connectivity index (χ4v) is 2.23. The SMILES string of the molecule is CC(=O)Nc1ccc(F)cc1NC(=O)c1ccc(C(C)(C)C)cc1. The van der Waals surface area contributed by atoms with E-state index in [4.69, 9.17) is 0 Å². The predicted octanol–water partition coefficient (Wildman–Crippen LogP) is 4.33. The fraction of sp³-hybridized carbons (Fsp3) is 0.263. The van der Waals surface area contributed by atoms with Gasteiger partial charge in [0.25, 0.3) is 5.91 Å². The first-order valence-corrected chi connectivity index (χ1v) is 7.66. The molecule has 0 unspecified atom stereocenters. The molecule has 0 saturated carbocycles. The van der Waals surface area contributed by atoms with Crippen molar-refractivity contribution in [2.75, 3.05) is 10.6 Å². The summed E-state index contributed by atoms with van der Waals surface area (Å²) in [6.45, 7) is 7.62. The van der Waals surface area contributed by atoms with Crippen LogP contribution in [0.4, 0.5) is 15.8 Å². The highest BCUT2D eigenvalue weighted by Gasteiger charge is 2.15. The maximum atomic E-state index is 13.5. The molecule has 0 spiro atoms. The van der Waals surface area contributed by atoms with Crippen LogP contribution >= 0.6 is 0 Å². The first-order valence-electron chi connectivity index (χ1n) is 7.66. The second kappa shape index (κ2) is 6.83. The average molecular weight is 328 g/mol. The van der Waals surface area contributed by atoms with Gasteiger partial charge in [-0.15, -0.1) is 0 Å². The van der Waals surface area contributed by atoms with Gasteiger partial charge < -0.3 is 10.6 Å². The third-order valence-corrected chi connectivity index (χ3v) is 3.55. The monoisotopic (exact) mass is 328 g/mol. The van der Waals surface area contributed by atoms with Crippen LogP contribution in [0.5, 0.6) is 0 Å². The van der Waals surface area contributed by atoms with E-state index in [2.05, 4.69) is 31.4 Å². The van der Waals surface area contributed by atoms with Crippen LogP contribution in [0.3, 0.4) is 0 Å². The van der Waals surface area contributed by atoms with Crippen LogP contribution in [0.15, 0.2) is 42.5 Å². The van der Waals surface area contributed by atoms with E-state index >= 15 is 0 Å². The highest BCUT2D eigenvalue weighted by molar-refractivity contribution is 6.07. The zero-order valence-electron chi connectivity index (χ0n) is 14.2. The molecule has 5 heteroatoms. The van der Waals surface area contributed by atoms with Crippen molar-refractivity contribution in [3.05, 3.63) is 59.4 Å². The van der Waals surface area contributed by atoms with Gasteiger partial charge in [-0.3, -0.25) is 9.59 Å². The maximum absolute atomic E-state index is 13.5. The van der Waals surface area contributed by atoms with Gasteiger partial charge in [0, 0.05) is 12.5 Å². The second-order valence-corrected chi connectivity index (χ2v) is 6.65. The number of halogens is 1. The standard InChI is InChI=1S/C19H21FN2O2/c1-12(23)21-16-10-9-15(20)11-17(16)22-18(24)13-5-7-14(8-6-13)19(2,3)4/h5-11H,1-4H3,(H,21,23)(H,22,24). The van der Waals surface area contributed by atoms with Gasteiger partial charge in [0.2, 0.25) is 5.91 Å². The number of hydrogen-bond acceptors (Lipinski definition) is 2.